The molecule has 1 aromatic heterocycles. The average Bonchev–Trinajstić information content (AvgIpc) is 3.28. The Morgan fingerprint density at radius 3 is 2.27 bits per heavy atom. The number of aromatic nitrogens is 2. The summed E-state index contributed by atoms with van der Waals surface area (Å²) in [5, 5.41) is 55.9. The Morgan fingerprint density at radius 1 is 0.958 bits per heavy atom. The van der Waals surface area contributed by atoms with Gasteiger partial charge in [-0.2, -0.15) is 13.1 Å². The maximum atomic E-state index is 14.9. The highest BCUT2D eigenvalue weighted by atomic mass is 32.2. The molecule has 0 saturated heterocycles. The van der Waals surface area contributed by atoms with E-state index in [1.165, 1.54) is 38.1 Å². The van der Waals surface area contributed by atoms with Gasteiger partial charge in [-0.25, -0.2) is 19.9 Å². The van der Waals surface area contributed by atoms with Crippen LogP contribution in [0.3, 0.4) is 0 Å². The molecule has 384 valence electrons. The van der Waals surface area contributed by atoms with Crippen molar-refractivity contribution in [2.45, 2.75) is 83.1 Å². The lowest BCUT2D eigenvalue weighted by Gasteiger charge is -2.33. The summed E-state index contributed by atoms with van der Waals surface area (Å²) in [5.74, 6) is -6.92. The lowest BCUT2D eigenvalue weighted by atomic mass is 9.86. The molecule has 0 aliphatic carbocycles. The number of benzene rings is 3. The average molecular weight is 1010 g/mol. The van der Waals surface area contributed by atoms with Crippen LogP contribution in [0.25, 0.3) is 22.5 Å². The Balaban J connectivity index is 1.66. The fourth-order valence-electron chi connectivity index (χ4n) is 7.49. The number of aliphatic carboxylic acids is 1. The molecule has 0 spiro atoms. The number of aromatic hydroxyl groups is 2. The van der Waals surface area contributed by atoms with Crippen molar-refractivity contribution in [2.24, 2.45) is 16.6 Å². The third kappa shape index (κ3) is 13.6. The maximum absolute atomic E-state index is 14.9. The second kappa shape index (κ2) is 22.7. The van der Waals surface area contributed by atoms with Crippen molar-refractivity contribution in [1.82, 2.24) is 35.5 Å². The van der Waals surface area contributed by atoms with Crippen molar-refractivity contribution in [1.29, 1.82) is 0 Å². The lowest BCUT2D eigenvalue weighted by molar-refractivity contribution is -0.143. The van der Waals surface area contributed by atoms with Gasteiger partial charge in [0.2, 0.25) is 17.7 Å². The van der Waals surface area contributed by atoms with Crippen LogP contribution in [0.5, 0.6) is 23.0 Å². The molecule has 0 unspecified atom stereocenters. The van der Waals surface area contributed by atoms with Gasteiger partial charge in [-0.3, -0.25) is 19.2 Å². The molecule has 25 heteroatoms. The number of carboxylic acids is 1. The molecule has 5 rings (SSSR count). The minimum absolute atomic E-state index is 0.00887. The summed E-state index contributed by atoms with van der Waals surface area (Å²) in [6.45, 7) is 7.29. The van der Waals surface area contributed by atoms with Gasteiger partial charge >= 0.3 is 5.97 Å². The van der Waals surface area contributed by atoms with E-state index in [1.54, 1.807) is 24.3 Å². The summed E-state index contributed by atoms with van der Waals surface area (Å²) in [4.78, 5) is 79.2. The minimum atomic E-state index is -4.55. The molecule has 5 atom stereocenters. The Hall–Kier alpha value is -7.16. The number of phenolic OH excluding ortho intramolecular Hbond substituents is 2. The first-order valence-electron chi connectivity index (χ1n) is 22.2. The van der Waals surface area contributed by atoms with Crippen molar-refractivity contribution >= 4 is 45.6 Å². The first kappa shape index (κ1) is 54.8. The van der Waals surface area contributed by atoms with Crippen molar-refractivity contribution in [3.63, 3.8) is 0 Å². The highest BCUT2D eigenvalue weighted by Crippen LogP contribution is 2.45. The second-order valence-corrected chi connectivity index (χ2v) is 19.3. The number of carbonyl (C=O) groups is 5. The first-order valence-corrected chi connectivity index (χ1v) is 23.8. The van der Waals surface area contributed by atoms with Crippen LogP contribution in [0.15, 0.2) is 48.5 Å². The number of hydrogen-bond donors (Lipinski definition) is 12. The molecule has 3 aromatic carbocycles. The van der Waals surface area contributed by atoms with E-state index in [9.17, 15) is 52.8 Å². The van der Waals surface area contributed by atoms with Gasteiger partial charge in [0.25, 0.3) is 16.1 Å². The van der Waals surface area contributed by atoms with Gasteiger partial charge in [-0.05, 0) is 85.3 Å². The maximum Gasteiger partial charge on any atom is 0.326 e. The standard InChI is InChI=1S/C46H61N11O13S/c1-22-36(39(49)56-40(52-22)28-10-9-26(18-33(28)59)46(3,4)5)42(62)55-32(20-51-71(50,67)68)44(64)57(6)37-25-16-30(38(60)35(17-25)70-21-27(58)19-48)29-14-24(8-11-34(29)69-13-7-12-47)15-31(45(65)66)54-41(61)23(2)53-43(37)63/h8-11,14,16-18,23,27,31-32,37,51,58-60H,7,12-13,15,19-21,47-48H2,1-6H3,(H,53,63)(H,54,61)(H,55,62)(H,65,66)(H2,49,52,56)(H2,50,67,68)/t23-,27+,31-,32-,37-/m0/s1. The Morgan fingerprint density at radius 2 is 1.66 bits per heavy atom. The number of nitrogens with two attached hydrogens (primary N) is 4. The van der Waals surface area contributed by atoms with Crippen LogP contribution in [0.2, 0.25) is 0 Å². The number of nitrogens with zero attached hydrogens (tertiary/aromatic N) is 3. The van der Waals surface area contributed by atoms with E-state index in [2.05, 4.69) is 25.9 Å². The molecular weight excluding hydrogens is 947 g/mol. The topological polar surface area (TPSA) is 400 Å². The predicted molar refractivity (Wildman–Crippen MR) is 259 cm³/mol. The van der Waals surface area contributed by atoms with Crippen molar-refractivity contribution in [2.75, 3.05) is 45.6 Å². The van der Waals surface area contributed by atoms with Crippen molar-refractivity contribution < 1.29 is 62.3 Å². The number of hydrogen-bond acceptors (Lipinski definition) is 17. The molecule has 24 nitrogen and oxygen atoms in total. The molecule has 71 heavy (non-hydrogen) atoms. The van der Waals surface area contributed by atoms with Crippen LogP contribution in [-0.2, 0) is 41.2 Å². The van der Waals surface area contributed by atoms with Gasteiger partial charge in [0.15, 0.2) is 17.3 Å². The van der Waals surface area contributed by atoms with E-state index in [-0.39, 0.29) is 93.9 Å². The molecule has 0 saturated carbocycles. The van der Waals surface area contributed by atoms with Gasteiger partial charge in [-0.1, -0.05) is 32.9 Å². The molecule has 0 radical (unpaired) electrons. The van der Waals surface area contributed by atoms with E-state index < -0.39 is 89.0 Å². The van der Waals surface area contributed by atoms with Crippen LogP contribution in [0.1, 0.15) is 72.9 Å². The van der Waals surface area contributed by atoms with Crippen LogP contribution in [-0.4, -0.2) is 137 Å². The van der Waals surface area contributed by atoms with E-state index in [0.29, 0.717) is 12.0 Å². The van der Waals surface area contributed by atoms with E-state index >= 15 is 0 Å². The molecule has 4 bridgehead atoms. The fraction of sp³-hybridized carbons (Fsp3) is 0.413. The summed E-state index contributed by atoms with van der Waals surface area (Å²) in [6, 6.07) is 5.26. The molecule has 4 amide bonds. The molecule has 16 N–H and O–H groups in total. The Bertz CT molecular complexity index is 2770. The number of ether oxygens (including phenoxy) is 2. The molecular formula is C46H61N11O13S. The van der Waals surface area contributed by atoms with Gasteiger partial charge < -0.3 is 68.0 Å². The second-order valence-electron chi connectivity index (χ2n) is 17.9. The monoisotopic (exact) mass is 1010 g/mol. The minimum Gasteiger partial charge on any atom is -0.507 e. The van der Waals surface area contributed by atoms with Crippen LogP contribution < -0.4 is 52.5 Å². The van der Waals surface area contributed by atoms with Crippen LogP contribution in [0.4, 0.5) is 5.82 Å². The SMILES string of the molecule is Cc1nc(-c2ccc(C(C)(C)C)cc2O)nc(N)c1C(=O)N[C@@H](CNS(N)(=O)=O)C(=O)N(C)[C@@H]1C(=O)N[C@@H](C)C(=O)N[C@H](C(=O)O)Cc2ccc(OCCCN)c(c2)-c2cc1cc(OC[C@H](O)CN)c2O. The normalized spacial score (nSPS) is 17.2. The highest BCUT2D eigenvalue weighted by molar-refractivity contribution is 7.87. The number of aryl methyl sites for hydroxylation is 1. The number of fused-ring (bicyclic) bond motifs is 5. The highest BCUT2D eigenvalue weighted by Gasteiger charge is 2.38. The van der Waals surface area contributed by atoms with E-state index in [1.807, 2.05) is 25.5 Å². The number of nitrogen functional groups attached to an aromatic ring is 1. The number of aliphatic hydroxyl groups excluding tert-OH is 1. The number of phenols is 2. The number of anilines is 1. The summed E-state index contributed by atoms with van der Waals surface area (Å²) in [5.41, 5.74) is 18.4. The van der Waals surface area contributed by atoms with E-state index in [4.69, 9.17) is 31.8 Å². The zero-order valence-corrected chi connectivity index (χ0v) is 40.8. The fourth-order valence-corrected chi connectivity index (χ4v) is 7.89. The number of aliphatic hydroxyl groups is 1. The number of likely N-dealkylation sites (N-methyl/N-ethyl adjacent to an activating group) is 1. The van der Waals surface area contributed by atoms with E-state index in [0.717, 1.165) is 17.5 Å². The number of carbonyl (C=O) groups excluding carboxylic acids is 4. The summed E-state index contributed by atoms with van der Waals surface area (Å²) in [7, 11) is -3.43. The van der Waals surface area contributed by atoms with Crippen LogP contribution >= 0.6 is 0 Å². The van der Waals surface area contributed by atoms with Gasteiger partial charge in [-0.15, -0.1) is 0 Å². The van der Waals surface area contributed by atoms with Gasteiger partial charge in [0.05, 0.1) is 17.9 Å². The quantitative estimate of drug-likeness (QED) is 0.0596. The number of carboxylic acid groups (broad SMARTS) is 1. The molecule has 2 heterocycles. The lowest BCUT2D eigenvalue weighted by Crippen LogP contribution is -2.57. The smallest absolute Gasteiger partial charge is 0.326 e. The predicted octanol–water partition coefficient (Wildman–Crippen LogP) is -0.443. The third-order valence-corrected chi connectivity index (χ3v) is 12.0. The zero-order chi connectivity index (χ0) is 52.7. The zero-order valence-electron chi connectivity index (χ0n) is 40.0. The number of rotatable bonds is 17. The largest absolute Gasteiger partial charge is 0.507 e. The summed E-state index contributed by atoms with van der Waals surface area (Å²) < 4.78 is 38.4. The van der Waals surface area contributed by atoms with Crippen molar-refractivity contribution in [3.05, 3.63) is 76.5 Å². The third-order valence-electron chi connectivity index (χ3n) is 11.4. The van der Waals surface area contributed by atoms with Crippen LogP contribution in [0, 0.1) is 6.92 Å². The molecule has 4 aromatic rings. The first-order chi connectivity index (χ1) is 33.2. The molecule has 1 aliphatic rings. The number of nitrogens with one attached hydrogen (secondary N) is 4. The Labute approximate surface area is 409 Å². The molecule has 1 aliphatic heterocycles. The summed E-state index contributed by atoms with van der Waals surface area (Å²) >= 11 is 0. The Kier molecular flexibility index (Phi) is 17.5. The molecule has 0 fully saturated rings. The number of amides is 4. The van der Waals surface area contributed by atoms with Gasteiger partial charge in [0, 0.05) is 37.7 Å². The van der Waals surface area contributed by atoms with Crippen molar-refractivity contribution in [3.8, 4) is 45.5 Å². The van der Waals surface area contributed by atoms with Gasteiger partial charge in [0.1, 0.15) is 59.8 Å². The summed E-state index contributed by atoms with van der Waals surface area (Å²) in [6.07, 6.45) is -1.10.